The summed E-state index contributed by atoms with van der Waals surface area (Å²) in [6.07, 6.45) is -3.73. The standard InChI is InChI=1S/C30H36ClN7O10/c1-16-22(40)19(13-37-15-33-21-24(32-2)34-28(31)35-25(21)37)48-20(23(16)41)14-47-30(26(42)43,27(44)45)12-17-4-6-18(7-5-17)38-9-3-8-36(10-11-39)29(38)46/h4-7,15,19-20,22-23,39-41H,1,3,8-14H2,2H3,(H,42,43)(H,44,45)(H,32,34,35)/t19-,20+,22+,23?/m0/s1. The Kier molecular flexibility index (Phi) is 10.5. The number of amides is 2. The number of carboxylic acids is 2. The minimum Gasteiger partial charge on any atom is -0.479 e. The number of ether oxygens (including phenoxy) is 2. The zero-order valence-electron chi connectivity index (χ0n) is 25.9. The van der Waals surface area contributed by atoms with Gasteiger partial charge in [-0.1, -0.05) is 18.7 Å². The van der Waals surface area contributed by atoms with E-state index in [9.17, 15) is 39.9 Å². The number of aliphatic hydroxyl groups excluding tert-OH is 3. The van der Waals surface area contributed by atoms with E-state index >= 15 is 0 Å². The van der Waals surface area contributed by atoms with Crippen LogP contribution in [0, 0.1) is 0 Å². The molecule has 0 radical (unpaired) electrons. The van der Waals surface area contributed by atoms with Gasteiger partial charge in [0.1, 0.15) is 24.4 Å². The second kappa shape index (κ2) is 14.4. The predicted molar refractivity (Wildman–Crippen MR) is 170 cm³/mol. The maximum atomic E-state index is 12.8. The van der Waals surface area contributed by atoms with Crippen molar-refractivity contribution >= 4 is 52.2 Å². The highest BCUT2D eigenvalue weighted by Gasteiger charge is 2.50. The lowest BCUT2D eigenvalue weighted by molar-refractivity contribution is -0.202. The average molecular weight is 690 g/mol. The lowest BCUT2D eigenvalue weighted by Gasteiger charge is -2.40. The molecule has 4 heterocycles. The molecule has 18 heteroatoms. The van der Waals surface area contributed by atoms with E-state index in [1.807, 2.05) is 0 Å². The van der Waals surface area contributed by atoms with Gasteiger partial charge in [0, 0.05) is 38.8 Å². The predicted octanol–water partition coefficient (Wildman–Crippen LogP) is 0.359. The number of aliphatic hydroxyl groups is 3. The molecule has 5 rings (SSSR count). The van der Waals surface area contributed by atoms with Crippen LogP contribution in [0.25, 0.3) is 11.2 Å². The number of aliphatic carboxylic acids is 2. The van der Waals surface area contributed by atoms with E-state index in [4.69, 9.17) is 21.1 Å². The third kappa shape index (κ3) is 6.78. The fourth-order valence-corrected chi connectivity index (χ4v) is 5.96. The molecule has 6 N–H and O–H groups in total. The topological polar surface area (TPSA) is 233 Å². The fraction of sp³-hybridized carbons (Fsp3) is 0.467. The van der Waals surface area contributed by atoms with Gasteiger partial charge >= 0.3 is 18.0 Å². The van der Waals surface area contributed by atoms with Gasteiger partial charge in [-0.15, -0.1) is 0 Å². The molecule has 48 heavy (non-hydrogen) atoms. The number of carboxylic acid groups (broad SMARTS) is 2. The van der Waals surface area contributed by atoms with Gasteiger partial charge in [-0.05, 0) is 41.3 Å². The highest BCUT2D eigenvalue weighted by atomic mass is 35.5. The zero-order chi connectivity index (χ0) is 34.7. The highest BCUT2D eigenvalue weighted by molar-refractivity contribution is 6.28. The van der Waals surface area contributed by atoms with Crippen molar-refractivity contribution in [3.63, 3.8) is 0 Å². The third-order valence-corrected chi connectivity index (χ3v) is 8.60. The number of urea groups is 1. The van der Waals surface area contributed by atoms with Crippen molar-refractivity contribution in [2.75, 3.05) is 50.1 Å². The number of carbonyl (C=O) groups is 3. The second-order valence-electron chi connectivity index (χ2n) is 11.4. The maximum absolute atomic E-state index is 12.8. The second-order valence-corrected chi connectivity index (χ2v) is 11.8. The van der Waals surface area contributed by atoms with Gasteiger partial charge < -0.3 is 49.8 Å². The van der Waals surface area contributed by atoms with Crippen molar-refractivity contribution in [1.29, 1.82) is 0 Å². The minimum atomic E-state index is -2.78. The van der Waals surface area contributed by atoms with E-state index in [1.165, 1.54) is 28.3 Å². The summed E-state index contributed by atoms with van der Waals surface area (Å²) in [5.41, 5.74) is -1.28. The Balaban J connectivity index is 1.32. The number of fused-ring (bicyclic) bond motifs is 1. The Labute approximate surface area is 279 Å². The molecule has 258 valence electrons. The van der Waals surface area contributed by atoms with Gasteiger partial charge in [-0.3, -0.25) is 4.90 Å². The molecule has 1 aromatic carbocycles. The summed E-state index contributed by atoms with van der Waals surface area (Å²) in [7, 11) is 1.63. The number of β-amino-alcohol motifs (C(OH)–C–C–N with tert-alkyl or cyclic N) is 1. The molecule has 3 aromatic rings. The maximum Gasteiger partial charge on any atom is 0.348 e. The minimum absolute atomic E-state index is 0.0375. The van der Waals surface area contributed by atoms with Crippen LogP contribution in [0.1, 0.15) is 12.0 Å². The monoisotopic (exact) mass is 689 g/mol. The van der Waals surface area contributed by atoms with Gasteiger partial charge in [-0.25, -0.2) is 19.4 Å². The Hall–Kier alpha value is -4.39. The van der Waals surface area contributed by atoms with Gasteiger partial charge in [0.2, 0.25) is 5.28 Å². The average Bonchev–Trinajstić information content (AvgIpc) is 3.46. The van der Waals surface area contributed by atoms with Crippen LogP contribution in [0.4, 0.5) is 16.3 Å². The molecule has 1 unspecified atom stereocenters. The molecule has 0 bridgehead atoms. The molecule has 2 saturated heterocycles. The van der Waals surface area contributed by atoms with Crippen LogP contribution < -0.4 is 10.2 Å². The van der Waals surface area contributed by atoms with Crippen LogP contribution in [-0.4, -0.2) is 138 Å². The van der Waals surface area contributed by atoms with E-state index in [-0.39, 0.29) is 42.1 Å². The van der Waals surface area contributed by atoms with Crippen LogP contribution in [0.15, 0.2) is 42.7 Å². The summed E-state index contributed by atoms with van der Waals surface area (Å²) in [4.78, 5) is 53.4. The summed E-state index contributed by atoms with van der Waals surface area (Å²) < 4.78 is 13.1. The number of carbonyl (C=O) groups excluding carboxylic acids is 1. The molecule has 2 amide bonds. The fourth-order valence-electron chi connectivity index (χ4n) is 5.79. The molecule has 0 spiro atoms. The molecule has 4 atom stereocenters. The van der Waals surface area contributed by atoms with Crippen LogP contribution in [-0.2, 0) is 32.0 Å². The molecule has 0 saturated carbocycles. The smallest absolute Gasteiger partial charge is 0.348 e. The van der Waals surface area contributed by atoms with Crippen molar-refractivity contribution in [3.05, 3.63) is 53.6 Å². The van der Waals surface area contributed by atoms with Crippen molar-refractivity contribution < 1.29 is 49.4 Å². The Morgan fingerprint density at radius 2 is 1.81 bits per heavy atom. The largest absolute Gasteiger partial charge is 0.479 e. The molecular formula is C30H36ClN7O10. The van der Waals surface area contributed by atoms with Gasteiger partial charge in [0.15, 0.2) is 17.0 Å². The van der Waals surface area contributed by atoms with Gasteiger partial charge in [0.05, 0.1) is 26.1 Å². The molecule has 2 aliphatic heterocycles. The molecule has 2 aliphatic rings. The molecular weight excluding hydrogens is 654 g/mol. The highest BCUT2D eigenvalue weighted by Crippen LogP contribution is 2.30. The summed E-state index contributed by atoms with van der Waals surface area (Å²) in [6, 6.07) is 5.87. The van der Waals surface area contributed by atoms with Crippen molar-refractivity contribution in [1.82, 2.24) is 24.4 Å². The van der Waals surface area contributed by atoms with Crippen LogP contribution >= 0.6 is 11.6 Å². The summed E-state index contributed by atoms with van der Waals surface area (Å²) in [5.74, 6) is -3.20. The van der Waals surface area contributed by atoms with Crippen LogP contribution in [0.5, 0.6) is 0 Å². The number of rotatable bonds is 13. The number of hydrogen-bond acceptors (Lipinski definition) is 12. The van der Waals surface area contributed by atoms with Crippen LogP contribution in [0.3, 0.4) is 0 Å². The number of benzene rings is 1. The summed E-state index contributed by atoms with van der Waals surface area (Å²) in [5, 5.41) is 54.0. The normalized spacial score (nSPS) is 21.9. The Bertz CT molecular complexity index is 1670. The summed E-state index contributed by atoms with van der Waals surface area (Å²) in [6.45, 7) is 4.00. The number of nitrogens with one attached hydrogen (secondary N) is 1. The number of hydrogen-bond donors (Lipinski definition) is 6. The van der Waals surface area contributed by atoms with E-state index in [2.05, 4.69) is 26.8 Å². The van der Waals surface area contributed by atoms with Crippen LogP contribution in [0.2, 0.25) is 5.28 Å². The molecule has 17 nitrogen and oxygen atoms in total. The molecule has 0 aliphatic carbocycles. The SMILES string of the molecule is C=C1C(O)[C@@H](COC(Cc2ccc(N3CCCN(CCO)C3=O)cc2)(C(=O)O)C(=O)O)O[C@@H](Cn2cnc3c(NC)nc(Cl)nc32)[C@@H]1O. The van der Waals surface area contributed by atoms with E-state index < -0.39 is 55.0 Å². The quantitative estimate of drug-likeness (QED) is 0.0808. The van der Waals surface area contributed by atoms with Gasteiger partial charge in [0.25, 0.3) is 5.60 Å². The van der Waals surface area contributed by atoms with E-state index in [0.29, 0.717) is 42.2 Å². The van der Waals surface area contributed by atoms with Crippen molar-refractivity contribution in [2.45, 2.75) is 49.4 Å². The van der Waals surface area contributed by atoms with Gasteiger partial charge in [-0.2, -0.15) is 9.97 Å². The number of aromatic nitrogens is 4. The first-order valence-corrected chi connectivity index (χ1v) is 15.4. The Morgan fingerprint density at radius 1 is 1.12 bits per heavy atom. The number of halogens is 1. The number of nitrogens with zero attached hydrogens (tertiary/aromatic N) is 6. The third-order valence-electron chi connectivity index (χ3n) is 8.43. The molecule has 2 fully saturated rings. The van der Waals surface area contributed by atoms with Crippen molar-refractivity contribution in [3.8, 4) is 0 Å². The lowest BCUT2D eigenvalue weighted by atomic mass is 9.92. The van der Waals surface area contributed by atoms with E-state index in [1.54, 1.807) is 23.7 Å². The first kappa shape index (κ1) is 34.9. The van der Waals surface area contributed by atoms with Crippen molar-refractivity contribution in [2.24, 2.45) is 0 Å². The number of imidazole rings is 1. The first-order chi connectivity index (χ1) is 22.9. The Morgan fingerprint density at radius 3 is 2.46 bits per heavy atom. The molecule has 2 aromatic heterocycles. The zero-order valence-corrected chi connectivity index (χ0v) is 26.7. The lowest BCUT2D eigenvalue weighted by Crippen LogP contribution is -2.56. The number of anilines is 2. The summed E-state index contributed by atoms with van der Waals surface area (Å²) >= 11 is 6.06. The first-order valence-electron chi connectivity index (χ1n) is 15.0. The van der Waals surface area contributed by atoms with E-state index in [0.717, 1.165) is 0 Å².